The molecule has 9 heteroatoms. The molecule has 1 fully saturated rings. The number of nitrogens with zero attached hydrogens (tertiary/aromatic N) is 3. The van der Waals surface area contributed by atoms with Gasteiger partial charge in [-0.1, -0.05) is 4.47 Å². The molecule has 2 aromatic rings. The quantitative estimate of drug-likeness (QED) is 0.682. The van der Waals surface area contributed by atoms with E-state index < -0.39 is 10.0 Å². The minimum atomic E-state index is -3.71. The predicted octanol–water partition coefficient (Wildman–Crippen LogP) is 1.89. The lowest BCUT2D eigenvalue weighted by atomic mass is 10.2. The lowest BCUT2D eigenvalue weighted by molar-refractivity contribution is -0.0258. The molecule has 0 radical (unpaired) electrons. The van der Waals surface area contributed by atoms with Crippen LogP contribution in [0.1, 0.15) is 15.9 Å². The van der Waals surface area contributed by atoms with Crippen molar-refractivity contribution in [2.75, 3.05) is 40.3 Å². The maximum absolute atomic E-state index is 12.7. The Hall–Kier alpha value is -1.78. The van der Waals surface area contributed by atoms with Gasteiger partial charge in [-0.05, 0) is 46.7 Å². The maximum Gasteiger partial charge on any atom is 0.264 e. The summed E-state index contributed by atoms with van der Waals surface area (Å²) in [7, 11) is -1.10. The van der Waals surface area contributed by atoms with Gasteiger partial charge in [-0.2, -0.15) is 11.3 Å². The Morgan fingerprint density at radius 2 is 1.81 bits per heavy atom. The number of thiophene rings is 1. The largest absolute Gasteiger partial charge is 0.336 e. The maximum atomic E-state index is 12.7. The zero-order valence-electron chi connectivity index (χ0n) is 15.4. The SMILES string of the molecule is CON(C)S(=O)(=O)c1ccc(C(=O)N2CCN(Cc3ccsc3)CC2)cc1. The second-order valence-corrected chi connectivity index (χ2v) is 9.04. The van der Waals surface area contributed by atoms with E-state index in [-0.39, 0.29) is 10.8 Å². The van der Waals surface area contributed by atoms with Crippen LogP contribution in [0, 0.1) is 0 Å². The second kappa shape index (κ2) is 8.49. The topological polar surface area (TPSA) is 70.2 Å². The van der Waals surface area contributed by atoms with Crippen molar-refractivity contribution in [3.8, 4) is 0 Å². The van der Waals surface area contributed by atoms with Crippen molar-refractivity contribution in [2.45, 2.75) is 11.4 Å². The van der Waals surface area contributed by atoms with E-state index in [1.165, 1.54) is 31.9 Å². The Kier molecular flexibility index (Phi) is 6.28. The van der Waals surface area contributed by atoms with E-state index in [0.29, 0.717) is 18.7 Å². The fourth-order valence-electron chi connectivity index (χ4n) is 2.95. The number of amides is 1. The number of hydroxylamine groups is 1. The molecular formula is C18H23N3O4S2. The van der Waals surface area contributed by atoms with E-state index in [1.54, 1.807) is 23.5 Å². The van der Waals surface area contributed by atoms with Gasteiger partial charge in [0.05, 0.1) is 12.0 Å². The van der Waals surface area contributed by atoms with E-state index in [4.69, 9.17) is 4.84 Å². The van der Waals surface area contributed by atoms with Crippen LogP contribution in [0.4, 0.5) is 0 Å². The minimum Gasteiger partial charge on any atom is -0.336 e. The Labute approximate surface area is 163 Å². The molecule has 1 amide bonds. The van der Waals surface area contributed by atoms with Gasteiger partial charge in [-0.3, -0.25) is 14.5 Å². The van der Waals surface area contributed by atoms with Crippen LogP contribution in [0.25, 0.3) is 0 Å². The van der Waals surface area contributed by atoms with Gasteiger partial charge in [0.2, 0.25) is 0 Å². The highest BCUT2D eigenvalue weighted by atomic mass is 32.2. The molecule has 1 aliphatic rings. The first-order chi connectivity index (χ1) is 12.9. The van der Waals surface area contributed by atoms with Gasteiger partial charge in [-0.25, -0.2) is 8.42 Å². The number of carbonyl (C=O) groups is 1. The third-order valence-electron chi connectivity index (χ3n) is 4.64. The van der Waals surface area contributed by atoms with Crippen LogP contribution < -0.4 is 0 Å². The van der Waals surface area contributed by atoms with Crippen molar-refractivity contribution in [2.24, 2.45) is 0 Å². The summed E-state index contributed by atoms with van der Waals surface area (Å²) in [6.45, 7) is 3.88. The summed E-state index contributed by atoms with van der Waals surface area (Å²) >= 11 is 1.69. The number of sulfonamides is 1. The average Bonchev–Trinajstić information content (AvgIpc) is 3.20. The second-order valence-electron chi connectivity index (χ2n) is 6.32. The first-order valence-corrected chi connectivity index (χ1v) is 11.0. The molecule has 1 aromatic carbocycles. The van der Waals surface area contributed by atoms with E-state index >= 15 is 0 Å². The van der Waals surface area contributed by atoms with Gasteiger partial charge in [-0.15, -0.1) is 0 Å². The van der Waals surface area contributed by atoms with Crippen molar-refractivity contribution >= 4 is 27.3 Å². The number of hydrogen-bond donors (Lipinski definition) is 0. The standard InChI is InChI=1S/C18H23N3O4S2/c1-19(25-2)27(23,24)17-5-3-16(4-6-17)18(22)21-10-8-20(9-11-21)13-15-7-12-26-14-15/h3-7,12,14H,8-11,13H2,1-2H3. The summed E-state index contributed by atoms with van der Waals surface area (Å²) < 4.78 is 25.2. The monoisotopic (exact) mass is 409 g/mol. The van der Waals surface area contributed by atoms with Crippen LogP contribution in [-0.4, -0.2) is 68.9 Å². The highest BCUT2D eigenvalue weighted by Crippen LogP contribution is 2.17. The number of carbonyl (C=O) groups excluding carboxylic acids is 1. The number of hydrogen-bond acceptors (Lipinski definition) is 6. The van der Waals surface area contributed by atoms with Crippen LogP contribution in [0.3, 0.4) is 0 Å². The molecule has 27 heavy (non-hydrogen) atoms. The lowest BCUT2D eigenvalue weighted by Gasteiger charge is -2.34. The molecule has 1 aromatic heterocycles. The molecule has 0 unspecified atom stereocenters. The van der Waals surface area contributed by atoms with E-state index in [9.17, 15) is 13.2 Å². The zero-order valence-corrected chi connectivity index (χ0v) is 17.0. The van der Waals surface area contributed by atoms with Crippen molar-refractivity contribution in [1.82, 2.24) is 14.3 Å². The van der Waals surface area contributed by atoms with Crippen molar-refractivity contribution in [3.63, 3.8) is 0 Å². The summed E-state index contributed by atoms with van der Waals surface area (Å²) in [4.78, 5) is 21.7. The molecule has 0 aliphatic carbocycles. The van der Waals surface area contributed by atoms with E-state index in [1.807, 2.05) is 4.90 Å². The molecule has 0 spiro atoms. The fourth-order valence-corrected chi connectivity index (χ4v) is 4.58. The van der Waals surface area contributed by atoms with Crippen LogP contribution in [0.15, 0.2) is 46.0 Å². The fraction of sp³-hybridized carbons (Fsp3) is 0.389. The molecule has 7 nitrogen and oxygen atoms in total. The normalized spacial score (nSPS) is 16.0. The van der Waals surface area contributed by atoms with Gasteiger partial charge in [0.1, 0.15) is 0 Å². The zero-order chi connectivity index (χ0) is 19.4. The first kappa shape index (κ1) is 20.0. The molecular weight excluding hydrogens is 386 g/mol. The minimum absolute atomic E-state index is 0.0748. The molecule has 1 aliphatic heterocycles. The number of rotatable bonds is 6. The molecule has 0 atom stereocenters. The average molecular weight is 410 g/mol. The lowest BCUT2D eigenvalue weighted by Crippen LogP contribution is -2.48. The van der Waals surface area contributed by atoms with Crippen LogP contribution >= 0.6 is 11.3 Å². The Bertz CT molecular complexity index is 859. The Morgan fingerprint density at radius 1 is 1.15 bits per heavy atom. The smallest absolute Gasteiger partial charge is 0.264 e. The third kappa shape index (κ3) is 4.56. The third-order valence-corrected chi connectivity index (χ3v) is 7.07. The molecule has 3 rings (SSSR count). The molecule has 0 saturated carbocycles. The van der Waals surface area contributed by atoms with Gasteiger partial charge < -0.3 is 4.90 Å². The predicted molar refractivity (Wildman–Crippen MR) is 104 cm³/mol. The summed E-state index contributed by atoms with van der Waals surface area (Å²) in [6, 6.07) is 8.10. The number of benzene rings is 1. The van der Waals surface area contributed by atoms with Crippen LogP contribution in [0.5, 0.6) is 0 Å². The summed E-state index contributed by atoms with van der Waals surface area (Å²) in [5, 5.41) is 4.22. The molecule has 0 bridgehead atoms. The molecule has 1 saturated heterocycles. The Morgan fingerprint density at radius 3 is 2.37 bits per heavy atom. The van der Waals surface area contributed by atoms with E-state index in [2.05, 4.69) is 21.7 Å². The number of piperazine rings is 1. The van der Waals surface area contributed by atoms with Crippen molar-refractivity contribution < 1.29 is 18.0 Å². The summed E-state index contributed by atoms with van der Waals surface area (Å²) in [6.07, 6.45) is 0. The van der Waals surface area contributed by atoms with Gasteiger partial charge >= 0.3 is 0 Å². The highest BCUT2D eigenvalue weighted by molar-refractivity contribution is 7.89. The molecule has 2 heterocycles. The van der Waals surface area contributed by atoms with Crippen molar-refractivity contribution in [1.29, 1.82) is 0 Å². The van der Waals surface area contributed by atoms with E-state index in [0.717, 1.165) is 24.1 Å². The Balaban J connectivity index is 1.60. The van der Waals surface area contributed by atoms with Crippen LogP contribution in [-0.2, 0) is 21.4 Å². The molecule has 0 N–H and O–H groups in total. The van der Waals surface area contributed by atoms with Gasteiger partial charge in [0.25, 0.3) is 15.9 Å². The van der Waals surface area contributed by atoms with Gasteiger partial charge in [0, 0.05) is 45.3 Å². The highest BCUT2D eigenvalue weighted by Gasteiger charge is 2.24. The van der Waals surface area contributed by atoms with Gasteiger partial charge in [0.15, 0.2) is 0 Å². The van der Waals surface area contributed by atoms with Crippen LogP contribution in [0.2, 0.25) is 0 Å². The summed E-state index contributed by atoms with van der Waals surface area (Å²) in [5.41, 5.74) is 1.79. The molecule has 146 valence electrons. The van der Waals surface area contributed by atoms with Crippen molar-refractivity contribution in [3.05, 3.63) is 52.2 Å². The summed E-state index contributed by atoms with van der Waals surface area (Å²) in [5.74, 6) is -0.0748. The first-order valence-electron chi connectivity index (χ1n) is 8.57.